The largest absolute Gasteiger partial charge is 0.466 e. The molecule has 0 aliphatic rings. The van der Waals surface area contributed by atoms with Crippen molar-refractivity contribution in [1.29, 1.82) is 0 Å². The zero-order chi connectivity index (χ0) is 17.4. The lowest BCUT2D eigenvalue weighted by atomic mass is 10.1. The minimum atomic E-state index is -0.529. The average molecular weight is 320 g/mol. The Bertz CT molecular complexity index is 304. The minimum absolute atomic E-state index is 0. The number of esters is 2. The highest BCUT2D eigenvalue weighted by atomic mass is 16.5. The van der Waals surface area contributed by atoms with Crippen molar-refractivity contribution in [2.45, 2.75) is 72.3 Å². The van der Waals surface area contributed by atoms with E-state index in [2.05, 4.69) is 9.47 Å². The highest BCUT2D eigenvalue weighted by Gasteiger charge is 2.09. The normalized spacial score (nSPS) is 11.0. The first-order valence-corrected chi connectivity index (χ1v) is 7.92. The summed E-state index contributed by atoms with van der Waals surface area (Å²) in [5.41, 5.74) is 0. The molecule has 6 heteroatoms. The van der Waals surface area contributed by atoms with Gasteiger partial charge in [-0.25, -0.2) is 0 Å². The van der Waals surface area contributed by atoms with E-state index in [1.807, 2.05) is 13.8 Å². The average Bonchev–Trinajstić information content (AvgIpc) is 2.40. The van der Waals surface area contributed by atoms with Gasteiger partial charge in [-0.15, -0.1) is 0 Å². The minimum Gasteiger partial charge on any atom is -0.466 e. The maximum absolute atomic E-state index is 10.8. The van der Waals surface area contributed by atoms with E-state index in [4.69, 9.17) is 5.11 Å². The number of ether oxygens (including phenoxy) is 2. The molecule has 0 bridgehead atoms. The number of rotatable bonds is 10. The predicted octanol–water partition coefficient (Wildman–Crippen LogP) is 2.66. The summed E-state index contributed by atoms with van der Waals surface area (Å²) in [7, 11) is 0. The first-order chi connectivity index (χ1) is 10.4. The van der Waals surface area contributed by atoms with Gasteiger partial charge in [-0.1, -0.05) is 20.3 Å². The number of aliphatic hydroxyl groups is 1. The van der Waals surface area contributed by atoms with E-state index in [0.717, 1.165) is 12.8 Å². The molecule has 6 nitrogen and oxygen atoms in total. The number of aliphatic hydroxyl groups excluding tert-OH is 1. The second kappa shape index (κ2) is 15.9. The van der Waals surface area contributed by atoms with Gasteiger partial charge in [0.25, 0.3) is 0 Å². The quantitative estimate of drug-likeness (QED) is 0.491. The van der Waals surface area contributed by atoms with E-state index in [1.165, 1.54) is 0 Å². The Balaban J connectivity index is -0.000000333. The molecule has 1 atom stereocenters. The molecule has 1 N–H and O–H groups in total. The molecule has 0 saturated carbocycles. The Morgan fingerprint density at radius 2 is 1.50 bits per heavy atom. The molecule has 0 heterocycles. The fourth-order valence-corrected chi connectivity index (χ4v) is 1.59. The van der Waals surface area contributed by atoms with Crippen molar-refractivity contribution in [2.75, 3.05) is 13.2 Å². The number of hydrogen-bond donors (Lipinski definition) is 1. The molecule has 0 radical (unpaired) electrons. The molecule has 132 valence electrons. The standard InChI is InChI=1S/C8H16O3.C8H14O3.H2/c2*1-3-5-7(9)6-8(10)11-4-2;/h7,9H,3-6H2,1-2H3;3-6H2,1-2H3;1H. The monoisotopic (exact) mass is 320 g/mol. The van der Waals surface area contributed by atoms with Crippen molar-refractivity contribution in [2.24, 2.45) is 0 Å². The van der Waals surface area contributed by atoms with E-state index < -0.39 is 12.1 Å². The first-order valence-electron chi connectivity index (χ1n) is 7.92. The van der Waals surface area contributed by atoms with Gasteiger partial charge in [0.2, 0.25) is 0 Å². The van der Waals surface area contributed by atoms with Gasteiger partial charge in [0.05, 0.1) is 25.7 Å². The molecule has 0 aromatic rings. The van der Waals surface area contributed by atoms with Crippen LogP contribution in [0.2, 0.25) is 0 Å². The lowest BCUT2D eigenvalue weighted by Crippen LogP contribution is -2.15. The Labute approximate surface area is 134 Å². The van der Waals surface area contributed by atoms with Crippen molar-refractivity contribution in [1.82, 2.24) is 0 Å². The fraction of sp³-hybridized carbons (Fsp3) is 0.812. The van der Waals surface area contributed by atoms with Gasteiger partial charge in [0.15, 0.2) is 0 Å². The maximum Gasteiger partial charge on any atom is 0.313 e. The highest BCUT2D eigenvalue weighted by Crippen LogP contribution is 2.02. The van der Waals surface area contributed by atoms with Crippen LogP contribution in [0.4, 0.5) is 0 Å². The molecular weight excluding hydrogens is 288 g/mol. The number of carbonyl (C=O) groups excluding carboxylic acids is 3. The van der Waals surface area contributed by atoms with Crippen LogP contribution in [0, 0.1) is 0 Å². The van der Waals surface area contributed by atoms with Crippen LogP contribution in [-0.4, -0.2) is 42.1 Å². The second-order valence-corrected chi connectivity index (χ2v) is 4.72. The lowest BCUT2D eigenvalue weighted by Gasteiger charge is -2.07. The maximum atomic E-state index is 10.8. The number of carbonyl (C=O) groups is 3. The van der Waals surface area contributed by atoms with Crippen LogP contribution in [0.25, 0.3) is 0 Å². The van der Waals surface area contributed by atoms with E-state index in [1.54, 1.807) is 13.8 Å². The third-order valence-electron chi connectivity index (χ3n) is 2.51. The lowest BCUT2D eigenvalue weighted by molar-refractivity contribution is -0.146. The molecule has 0 aromatic carbocycles. The van der Waals surface area contributed by atoms with Crippen LogP contribution in [0.5, 0.6) is 0 Å². The van der Waals surface area contributed by atoms with Crippen molar-refractivity contribution in [3.8, 4) is 0 Å². The highest BCUT2D eigenvalue weighted by molar-refractivity contribution is 5.95. The van der Waals surface area contributed by atoms with Crippen LogP contribution in [0.15, 0.2) is 0 Å². The third-order valence-corrected chi connectivity index (χ3v) is 2.51. The van der Waals surface area contributed by atoms with Crippen LogP contribution < -0.4 is 0 Å². The third kappa shape index (κ3) is 16.6. The van der Waals surface area contributed by atoms with Crippen molar-refractivity contribution in [3.63, 3.8) is 0 Å². The summed E-state index contributed by atoms with van der Waals surface area (Å²) < 4.78 is 9.26. The van der Waals surface area contributed by atoms with Crippen LogP contribution >= 0.6 is 0 Å². The smallest absolute Gasteiger partial charge is 0.313 e. The molecule has 0 spiro atoms. The molecular formula is C16H32O6. The number of Topliss-reactive ketones (excluding diaryl/α,β-unsaturated/α-hetero) is 1. The fourth-order valence-electron chi connectivity index (χ4n) is 1.59. The van der Waals surface area contributed by atoms with Gasteiger partial charge in [0, 0.05) is 7.85 Å². The van der Waals surface area contributed by atoms with Gasteiger partial charge in [-0.05, 0) is 26.7 Å². The first kappa shape index (κ1) is 22.8. The van der Waals surface area contributed by atoms with Gasteiger partial charge in [-0.2, -0.15) is 0 Å². The second-order valence-electron chi connectivity index (χ2n) is 4.72. The van der Waals surface area contributed by atoms with Gasteiger partial charge >= 0.3 is 11.9 Å². The molecule has 0 aliphatic heterocycles. The molecule has 0 aliphatic carbocycles. The van der Waals surface area contributed by atoms with Crippen LogP contribution in [0.1, 0.15) is 67.6 Å². The van der Waals surface area contributed by atoms with E-state index in [9.17, 15) is 14.4 Å². The summed E-state index contributed by atoms with van der Waals surface area (Å²) >= 11 is 0. The Morgan fingerprint density at radius 1 is 0.955 bits per heavy atom. The van der Waals surface area contributed by atoms with E-state index >= 15 is 0 Å². The molecule has 0 saturated heterocycles. The molecule has 22 heavy (non-hydrogen) atoms. The van der Waals surface area contributed by atoms with Crippen LogP contribution in [-0.2, 0) is 23.9 Å². The summed E-state index contributed by atoms with van der Waals surface area (Å²) in [5, 5.41) is 9.15. The molecule has 1 unspecified atom stereocenters. The van der Waals surface area contributed by atoms with Crippen LogP contribution in [0.3, 0.4) is 0 Å². The van der Waals surface area contributed by atoms with E-state index in [0.29, 0.717) is 26.1 Å². The summed E-state index contributed by atoms with van der Waals surface area (Å²) in [6.07, 6.45) is 2.35. The number of ketones is 1. The Kier molecular flexibility index (Phi) is 16.6. The number of hydrogen-bond acceptors (Lipinski definition) is 6. The van der Waals surface area contributed by atoms with Gasteiger partial charge in [0.1, 0.15) is 12.2 Å². The zero-order valence-corrected chi connectivity index (χ0v) is 14.2. The summed E-state index contributed by atoms with van der Waals surface area (Å²) in [6, 6.07) is 0. The molecule has 0 rings (SSSR count). The molecule has 0 amide bonds. The topological polar surface area (TPSA) is 89.9 Å². The SMILES string of the molecule is CCCC(=O)CC(=O)OCC.CCCC(O)CC(=O)OCC.[HH]. The Morgan fingerprint density at radius 3 is 1.95 bits per heavy atom. The molecule has 0 fully saturated rings. The molecule has 0 aromatic heterocycles. The summed E-state index contributed by atoms with van der Waals surface area (Å²) in [6.45, 7) is 8.08. The van der Waals surface area contributed by atoms with Crippen molar-refractivity contribution < 1.29 is 30.4 Å². The Hall–Kier alpha value is -1.43. The summed E-state index contributed by atoms with van der Waals surface area (Å²) in [4.78, 5) is 32.3. The van der Waals surface area contributed by atoms with E-state index in [-0.39, 0.29) is 26.0 Å². The van der Waals surface area contributed by atoms with Crippen molar-refractivity contribution >= 4 is 17.7 Å². The zero-order valence-electron chi connectivity index (χ0n) is 14.2. The van der Waals surface area contributed by atoms with Gasteiger partial charge < -0.3 is 14.6 Å². The summed E-state index contributed by atoms with van der Waals surface area (Å²) in [5.74, 6) is -0.759. The predicted molar refractivity (Wildman–Crippen MR) is 85.4 cm³/mol. The van der Waals surface area contributed by atoms with Crippen molar-refractivity contribution in [3.05, 3.63) is 0 Å². The van der Waals surface area contributed by atoms with Gasteiger partial charge in [-0.3, -0.25) is 14.4 Å².